The molecule has 1 N–H and O–H groups in total. The van der Waals surface area contributed by atoms with Gasteiger partial charge in [0.2, 0.25) is 0 Å². The number of carbonyl (C=O) groups excluding carboxylic acids is 1. The highest BCUT2D eigenvalue weighted by Gasteiger charge is 2.27. The van der Waals surface area contributed by atoms with Gasteiger partial charge in [0.05, 0.1) is 38.2 Å². The molecule has 0 spiro atoms. The molecule has 0 radical (unpaired) electrons. The van der Waals surface area contributed by atoms with E-state index in [4.69, 9.17) is 9.47 Å². The number of ether oxygens (including phenoxy) is 2. The van der Waals surface area contributed by atoms with E-state index in [1.54, 1.807) is 20.8 Å². The van der Waals surface area contributed by atoms with E-state index in [1.165, 1.54) is 17.2 Å². The maximum atomic E-state index is 14.7. The van der Waals surface area contributed by atoms with Gasteiger partial charge in [0, 0.05) is 0 Å². The fourth-order valence-electron chi connectivity index (χ4n) is 2.20. The first-order chi connectivity index (χ1) is 12.3. The number of benzene rings is 1. The van der Waals surface area contributed by atoms with E-state index in [0.29, 0.717) is 6.61 Å². The van der Waals surface area contributed by atoms with Crippen molar-refractivity contribution in [2.75, 3.05) is 6.61 Å². The maximum Gasteiger partial charge on any atom is 0.408 e. The van der Waals surface area contributed by atoms with Gasteiger partial charge in [-0.2, -0.15) is 15.0 Å². The lowest BCUT2D eigenvalue weighted by Crippen LogP contribution is -2.48. The van der Waals surface area contributed by atoms with Gasteiger partial charge >= 0.3 is 6.09 Å². The Morgan fingerprint density at radius 3 is 2.50 bits per heavy atom. The standard InChI is InChI=1S/C18H25FN4O3/c1-18(2,3)26-17(24)22-16(11-23-20-9-10-21-23)15(19)13-25-12-14-7-5-4-6-8-14/h4-10,15-16H,11-13H2,1-3H3,(H,22,24). The molecule has 1 aromatic carbocycles. The zero-order valence-electron chi connectivity index (χ0n) is 15.3. The minimum Gasteiger partial charge on any atom is -0.444 e. The van der Waals surface area contributed by atoms with Crippen LogP contribution in [0.2, 0.25) is 0 Å². The van der Waals surface area contributed by atoms with Crippen LogP contribution in [-0.4, -0.2) is 45.5 Å². The number of nitrogens with one attached hydrogen (secondary N) is 1. The summed E-state index contributed by atoms with van der Waals surface area (Å²) in [6.45, 7) is 5.42. The van der Waals surface area contributed by atoms with Crippen molar-refractivity contribution in [2.45, 2.75) is 51.7 Å². The topological polar surface area (TPSA) is 78.3 Å². The molecule has 2 unspecified atom stereocenters. The summed E-state index contributed by atoms with van der Waals surface area (Å²) in [7, 11) is 0. The van der Waals surface area contributed by atoms with E-state index in [1.807, 2.05) is 30.3 Å². The van der Waals surface area contributed by atoms with Gasteiger partial charge in [-0.1, -0.05) is 30.3 Å². The van der Waals surface area contributed by atoms with E-state index >= 15 is 0 Å². The lowest BCUT2D eigenvalue weighted by molar-refractivity contribution is 0.0305. The molecule has 7 nitrogen and oxygen atoms in total. The predicted molar refractivity (Wildman–Crippen MR) is 94.2 cm³/mol. The number of halogens is 1. The third-order valence-electron chi connectivity index (χ3n) is 3.35. The summed E-state index contributed by atoms with van der Waals surface area (Å²) in [4.78, 5) is 13.3. The van der Waals surface area contributed by atoms with Gasteiger partial charge in [0.25, 0.3) is 0 Å². The molecule has 0 aliphatic carbocycles. The second-order valence-corrected chi connectivity index (χ2v) is 6.85. The first-order valence-electron chi connectivity index (χ1n) is 8.43. The van der Waals surface area contributed by atoms with Crippen molar-refractivity contribution in [1.29, 1.82) is 0 Å². The molecule has 0 saturated carbocycles. The van der Waals surface area contributed by atoms with Crippen LogP contribution in [0.15, 0.2) is 42.7 Å². The molecule has 0 aliphatic rings. The van der Waals surface area contributed by atoms with Crippen LogP contribution >= 0.6 is 0 Å². The molecule has 0 fully saturated rings. The Morgan fingerprint density at radius 1 is 1.23 bits per heavy atom. The van der Waals surface area contributed by atoms with Gasteiger partial charge in [0.1, 0.15) is 11.8 Å². The first-order valence-corrected chi connectivity index (χ1v) is 8.43. The van der Waals surface area contributed by atoms with Gasteiger partial charge < -0.3 is 14.8 Å². The van der Waals surface area contributed by atoms with Crippen molar-refractivity contribution < 1.29 is 18.7 Å². The number of alkyl carbamates (subject to hydrolysis) is 1. The van der Waals surface area contributed by atoms with E-state index in [0.717, 1.165) is 5.56 Å². The summed E-state index contributed by atoms with van der Waals surface area (Å²) in [5.74, 6) is 0. The Labute approximate surface area is 152 Å². The van der Waals surface area contributed by atoms with Crippen molar-refractivity contribution in [3.05, 3.63) is 48.3 Å². The van der Waals surface area contributed by atoms with Gasteiger partial charge in [0.15, 0.2) is 0 Å². The summed E-state index contributed by atoms with van der Waals surface area (Å²) >= 11 is 0. The number of carbonyl (C=O) groups is 1. The van der Waals surface area contributed by atoms with Crippen molar-refractivity contribution in [3.8, 4) is 0 Å². The largest absolute Gasteiger partial charge is 0.444 e. The van der Waals surface area contributed by atoms with Crippen LogP contribution < -0.4 is 5.32 Å². The molecular weight excluding hydrogens is 339 g/mol. The van der Waals surface area contributed by atoms with Gasteiger partial charge in [-0.05, 0) is 26.3 Å². The zero-order chi connectivity index (χ0) is 19.0. The number of aromatic nitrogens is 3. The molecule has 0 aliphatic heterocycles. The maximum absolute atomic E-state index is 14.7. The van der Waals surface area contributed by atoms with Crippen LogP contribution in [0, 0.1) is 0 Å². The molecule has 2 rings (SSSR count). The van der Waals surface area contributed by atoms with E-state index in [2.05, 4.69) is 15.5 Å². The first kappa shape index (κ1) is 19.8. The van der Waals surface area contributed by atoms with Crippen LogP contribution in [0.3, 0.4) is 0 Å². The molecule has 0 saturated heterocycles. The predicted octanol–water partition coefficient (Wildman–Crippen LogP) is 2.73. The quantitative estimate of drug-likeness (QED) is 0.779. The SMILES string of the molecule is CC(C)(C)OC(=O)NC(Cn1nccn1)C(F)COCc1ccccc1. The summed E-state index contributed by atoms with van der Waals surface area (Å²) < 4.78 is 25.3. The molecule has 8 heteroatoms. The highest BCUT2D eigenvalue weighted by atomic mass is 19.1. The second-order valence-electron chi connectivity index (χ2n) is 6.85. The number of hydrogen-bond acceptors (Lipinski definition) is 5. The second kappa shape index (κ2) is 9.28. The van der Waals surface area contributed by atoms with E-state index < -0.39 is 23.9 Å². The van der Waals surface area contributed by atoms with Crippen molar-refractivity contribution in [1.82, 2.24) is 20.3 Å². The van der Waals surface area contributed by atoms with Gasteiger partial charge in [-0.15, -0.1) is 0 Å². The molecule has 1 amide bonds. The van der Waals surface area contributed by atoms with Crippen LogP contribution in [0.1, 0.15) is 26.3 Å². The highest BCUT2D eigenvalue weighted by Crippen LogP contribution is 2.10. The molecule has 142 valence electrons. The van der Waals surface area contributed by atoms with E-state index in [-0.39, 0.29) is 13.2 Å². The van der Waals surface area contributed by atoms with Crippen LogP contribution in [-0.2, 0) is 22.6 Å². The minimum atomic E-state index is -1.45. The molecule has 2 atom stereocenters. The molecule has 1 aromatic heterocycles. The summed E-state index contributed by atoms with van der Waals surface area (Å²) in [6.07, 6.45) is 0.838. The van der Waals surface area contributed by atoms with Crippen LogP contribution in [0.5, 0.6) is 0 Å². The Morgan fingerprint density at radius 2 is 1.88 bits per heavy atom. The van der Waals surface area contributed by atoms with Crippen molar-refractivity contribution in [2.24, 2.45) is 0 Å². The Kier molecular flexibility index (Phi) is 7.08. The molecule has 1 heterocycles. The lowest BCUT2D eigenvalue weighted by atomic mass is 10.2. The lowest BCUT2D eigenvalue weighted by Gasteiger charge is -2.25. The average molecular weight is 364 g/mol. The summed E-state index contributed by atoms with van der Waals surface area (Å²) in [6, 6.07) is 8.60. The number of nitrogens with zero attached hydrogens (tertiary/aromatic N) is 3. The number of rotatable bonds is 8. The summed E-state index contributed by atoms with van der Waals surface area (Å²) in [5.41, 5.74) is 0.277. The number of hydrogen-bond donors (Lipinski definition) is 1. The monoisotopic (exact) mass is 364 g/mol. The zero-order valence-corrected chi connectivity index (χ0v) is 15.3. The Hall–Kier alpha value is -2.48. The smallest absolute Gasteiger partial charge is 0.408 e. The molecular formula is C18H25FN4O3. The summed E-state index contributed by atoms with van der Waals surface area (Å²) in [5, 5.41) is 10.5. The number of alkyl halides is 1. The number of amides is 1. The Balaban J connectivity index is 1.91. The highest BCUT2D eigenvalue weighted by molar-refractivity contribution is 5.68. The fraction of sp³-hybridized carbons (Fsp3) is 0.500. The van der Waals surface area contributed by atoms with Gasteiger partial charge in [-0.3, -0.25) is 0 Å². The van der Waals surface area contributed by atoms with Crippen molar-refractivity contribution in [3.63, 3.8) is 0 Å². The molecule has 2 aromatic rings. The van der Waals surface area contributed by atoms with Gasteiger partial charge in [-0.25, -0.2) is 9.18 Å². The third kappa shape index (κ3) is 7.18. The normalized spacial score (nSPS) is 13.8. The molecule has 0 bridgehead atoms. The van der Waals surface area contributed by atoms with Crippen LogP contribution in [0.25, 0.3) is 0 Å². The third-order valence-corrected chi connectivity index (χ3v) is 3.35. The Bertz CT molecular complexity index is 659. The average Bonchev–Trinajstić information content (AvgIpc) is 3.06. The van der Waals surface area contributed by atoms with Crippen molar-refractivity contribution >= 4 is 6.09 Å². The fourth-order valence-corrected chi connectivity index (χ4v) is 2.20. The minimum absolute atomic E-state index is 0.0715. The van der Waals surface area contributed by atoms with E-state index in [9.17, 15) is 9.18 Å². The molecule has 26 heavy (non-hydrogen) atoms. The van der Waals surface area contributed by atoms with Crippen LogP contribution in [0.4, 0.5) is 9.18 Å².